The van der Waals surface area contributed by atoms with Crippen molar-refractivity contribution in [2.75, 3.05) is 0 Å². The van der Waals surface area contributed by atoms with Crippen LogP contribution in [0.3, 0.4) is 0 Å². The van der Waals surface area contributed by atoms with E-state index in [-0.39, 0.29) is 11.7 Å². The van der Waals surface area contributed by atoms with E-state index >= 15 is 0 Å². The average Bonchev–Trinajstić information content (AvgIpc) is 2.53. The molecule has 4 heteroatoms. The molecule has 0 aromatic heterocycles. The molecule has 0 spiro atoms. The van der Waals surface area contributed by atoms with Crippen molar-refractivity contribution < 1.29 is 13.9 Å². The van der Waals surface area contributed by atoms with Gasteiger partial charge in [0.15, 0.2) is 6.10 Å². The van der Waals surface area contributed by atoms with Crippen LogP contribution in [0.2, 0.25) is 0 Å². The van der Waals surface area contributed by atoms with Crippen LogP contribution in [0.25, 0.3) is 0 Å². The maximum Gasteiger partial charge on any atom is 0.261 e. The summed E-state index contributed by atoms with van der Waals surface area (Å²) in [5, 5.41) is 2.83. The van der Waals surface area contributed by atoms with E-state index < -0.39 is 6.10 Å². The minimum Gasteiger partial charge on any atom is -0.480 e. The Morgan fingerprint density at radius 2 is 1.87 bits per heavy atom. The first-order chi connectivity index (χ1) is 11.0. The monoisotopic (exact) mass is 315 g/mol. The molecule has 1 unspecified atom stereocenters. The van der Waals surface area contributed by atoms with Crippen LogP contribution in [0, 0.1) is 19.7 Å². The van der Waals surface area contributed by atoms with Crippen LogP contribution < -0.4 is 10.1 Å². The Hall–Kier alpha value is -2.36. The van der Waals surface area contributed by atoms with E-state index in [4.69, 9.17) is 4.74 Å². The normalized spacial score (nSPS) is 11.8. The zero-order valence-electron chi connectivity index (χ0n) is 13.7. The molecular formula is C19H22FNO2. The Balaban J connectivity index is 1.96. The summed E-state index contributed by atoms with van der Waals surface area (Å²) in [6, 6.07) is 11.9. The van der Waals surface area contributed by atoms with Gasteiger partial charge in [0.1, 0.15) is 11.6 Å². The highest BCUT2D eigenvalue weighted by molar-refractivity contribution is 5.81. The van der Waals surface area contributed by atoms with Crippen molar-refractivity contribution >= 4 is 5.91 Å². The summed E-state index contributed by atoms with van der Waals surface area (Å²) in [7, 11) is 0. The summed E-state index contributed by atoms with van der Waals surface area (Å²) >= 11 is 0. The van der Waals surface area contributed by atoms with E-state index in [1.54, 1.807) is 12.1 Å². The lowest BCUT2D eigenvalue weighted by atomic mass is 10.1. The first kappa shape index (κ1) is 17.0. The van der Waals surface area contributed by atoms with Gasteiger partial charge in [-0.05, 0) is 49.6 Å². The molecule has 0 fully saturated rings. The lowest BCUT2D eigenvalue weighted by molar-refractivity contribution is -0.128. The molecule has 0 saturated carbocycles. The van der Waals surface area contributed by atoms with Gasteiger partial charge in [-0.2, -0.15) is 0 Å². The number of benzene rings is 2. The van der Waals surface area contributed by atoms with Gasteiger partial charge in [-0.1, -0.05) is 36.8 Å². The zero-order valence-corrected chi connectivity index (χ0v) is 13.7. The molecule has 1 atom stereocenters. The van der Waals surface area contributed by atoms with Gasteiger partial charge in [-0.15, -0.1) is 0 Å². The number of ether oxygens (including phenoxy) is 1. The van der Waals surface area contributed by atoms with Gasteiger partial charge >= 0.3 is 0 Å². The van der Waals surface area contributed by atoms with E-state index in [1.165, 1.54) is 12.1 Å². The molecule has 0 aliphatic rings. The second-order valence-electron chi connectivity index (χ2n) is 5.63. The van der Waals surface area contributed by atoms with E-state index in [2.05, 4.69) is 5.32 Å². The van der Waals surface area contributed by atoms with Crippen LogP contribution in [0.15, 0.2) is 42.5 Å². The second-order valence-corrected chi connectivity index (χ2v) is 5.63. The van der Waals surface area contributed by atoms with Crippen molar-refractivity contribution in [3.8, 4) is 5.75 Å². The summed E-state index contributed by atoms with van der Waals surface area (Å²) in [5.41, 5.74) is 3.01. The molecule has 0 radical (unpaired) electrons. The van der Waals surface area contributed by atoms with Gasteiger partial charge in [-0.25, -0.2) is 4.39 Å². The van der Waals surface area contributed by atoms with Crippen molar-refractivity contribution in [2.45, 2.75) is 39.8 Å². The van der Waals surface area contributed by atoms with E-state index in [0.717, 1.165) is 22.4 Å². The summed E-state index contributed by atoms with van der Waals surface area (Å²) in [4.78, 5) is 12.3. The molecule has 2 aromatic rings. The Kier molecular flexibility index (Phi) is 5.74. The fourth-order valence-corrected chi connectivity index (χ4v) is 2.31. The number of hydrogen-bond donors (Lipinski definition) is 1. The summed E-state index contributed by atoms with van der Waals surface area (Å²) < 4.78 is 18.7. The minimum atomic E-state index is -0.545. The molecule has 0 bridgehead atoms. The van der Waals surface area contributed by atoms with Crippen LogP contribution in [0.1, 0.15) is 30.0 Å². The predicted molar refractivity (Wildman–Crippen MR) is 88.9 cm³/mol. The van der Waals surface area contributed by atoms with Gasteiger partial charge in [0.25, 0.3) is 5.91 Å². The predicted octanol–water partition coefficient (Wildman–Crippen LogP) is 3.92. The number of carbonyl (C=O) groups excluding carboxylic acids is 1. The molecule has 3 nitrogen and oxygen atoms in total. The van der Waals surface area contributed by atoms with Gasteiger partial charge in [0.05, 0.1) is 0 Å². The van der Waals surface area contributed by atoms with Crippen LogP contribution in [0.5, 0.6) is 5.75 Å². The molecule has 23 heavy (non-hydrogen) atoms. The van der Waals surface area contributed by atoms with Gasteiger partial charge < -0.3 is 10.1 Å². The smallest absolute Gasteiger partial charge is 0.261 e. The molecule has 0 saturated heterocycles. The topological polar surface area (TPSA) is 38.3 Å². The maximum atomic E-state index is 12.9. The summed E-state index contributed by atoms with van der Waals surface area (Å²) in [6.07, 6.45) is 0.0274. The van der Waals surface area contributed by atoms with E-state index in [9.17, 15) is 9.18 Å². The van der Waals surface area contributed by atoms with Crippen molar-refractivity contribution in [2.24, 2.45) is 0 Å². The quantitative estimate of drug-likeness (QED) is 0.877. The number of rotatable bonds is 6. The third kappa shape index (κ3) is 4.81. The van der Waals surface area contributed by atoms with Gasteiger partial charge in [0, 0.05) is 6.54 Å². The van der Waals surface area contributed by atoms with Crippen molar-refractivity contribution in [3.05, 3.63) is 65.0 Å². The van der Waals surface area contributed by atoms with Crippen molar-refractivity contribution in [1.82, 2.24) is 5.32 Å². The molecule has 2 rings (SSSR count). The Morgan fingerprint density at radius 1 is 1.17 bits per heavy atom. The Bertz CT molecular complexity index is 668. The highest BCUT2D eigenvalue weighted by Gasteiger charge is 2.18. The molecule has 2 aromatic carbocycles. The zero-order chi connectivity index (χ0) is 16.8. The number of aryl methyl sites for hydroxylation is 2. The standard InChI is InChI=1S/C19H22FNO2/c1-4-17(23-18-10-5-13(2)11-14(18)3)19(22)21-12-15-6-8-16(20)9-7-15/h5-11,17H,4,12H2,1-3H3,(H,21,22). The number of nitrogens with one attached hydrogen (secondary N) is 1. The van der Waals surface area contributed by atoms with Crippen LogP contribution in [-0.4, -0.2) is 12.0 Å². The number of carbonyl (C=O) groups is 1. The Morgan fingerprint density at radius 3 is 2.48 bits per heavy atom. The largest absolute Gasteiger partial charge is 0.480 e. The first-order valence-corrected chi connectivity index (χ1v) is 7.75. The first-order valence-electron chi connectivity index (χ1n) is 7.75. The maximum absolute atomic E-state index is 12.9. The SMILES string of the molecule is CCC(Oc1ccc(C)cc1C)C(=O)NCc1ccc(F)cc1. The van der Waals surface area contributed by atoms with Gasteiger partial charge in [0.2, 0.25) is 0 Å². The number of amides is 1. The third-order valence-electron chi connectivity index (χ3n) is 3.64. The minimum absolute atomic E-state index is 0.170. The highest BCUT2D eigenvalue weighted by atomic mass is 19.1. The lowest BCUT2D eigenvalue weighted by Gasteiger charge is -2.19. The molecule has 0 aliphatic heterocycles. The lowest BCUT2D eigenvalue weighted by Crippen LogP contribution is -2.37. The fourth-order valence-electron chi connectivity index (χ4n) is 2.31. The van der Waals surface area contributed by atoms with Gasteiger partial charge in [-0.3, -0.25) is 4.79 Å². The Labute approximate surface area is 136 Å². The molecule has 1 amide bonds. The van der Waals surface area contributed by atoms with Crippen LogP contribution >= 0.6 is 0 Å². The van der Waals surface area contributed by atoms with E-state index in [0.29, 0.717) is 13.0 Å². The molecular weight excluding hydrogens is 293 g/mol. The highest BCUT2D eigenvalue weighted by Crippen LogP contribution is 2.21. The molecule has 0 heterocycles. The molecule has 1 N–H and O–H groups in total. The summed E-state index contributed by atoms with van der Waals surface area (Å²) in [5.74, 6) is 0.265. The molecule has 122 valence electrons. The fraction of sp³-hybridized carbons (Fsp3) is 0.316. The van der Waals surface area contributed by atoms with Crippen molar-refractivity contribution in [3.63, 3.8) is 0 Å². The van der Waals surface area contributed by atoms with E-state index in [1.807, 2.05) is 39.0 Å². The second kappa shape index (κ2) is 7.77. The summed E-state index contributed by atoms with van der Waals surface area (Å²) in [6.45, 7) is 6.24. The van der Waals surface area contributed by atoms with Crippen LogP contribution in [-0.2, 0) is 11.3 Å². The van der Waals surface area contributed by atoms with Crippen LogP contribution in [0.4, 0.5) is 4.39 Å². The molecule has 0 aliphatic carbocycles. The van der Waals surface area contributed by atoms with Crippen molar-refractivity contribution in [1.29, 1.82) is 0 Å². The average molecular weight is 315 g/mol. The number of hydrogen-bond acceptors (Lipinski definition) is 2. The third-order valence-corrected chi connectivity index (χ3v) is 3.64. The number of halogens is 1.